The van der Waals surface area contributed by atoms with E-state index in [1.807, 2.05) is 0 Å². The van der Waals surface area contributed by atoms with Gasteiger partial charge in [-0.05, 0) is 25.6 Å². The molecular formula is C11H12FN3. The Kier molecular flexibility index (Phi) is 2.60. The van der Waals surface area contributed by atoms with Gasteiger partial charge in [0.2, 0.25) is 0 Å². The van der Waals surface area contributed by atoms with Crippen molar-refractivity contribution in [3.8, 4) is 0 Å². The lowest BCUT2D eigenvalue weighted by Gasteiger charge is -2.05. The van der Waals surface area contributed by atoms with E-state index in [0.29, 0.717) is 35.4 Å². The predicted octanol–water partition coefficient (Wildman–Crippen LogP) is 1.58. The van der Waals surface area contributed by atoms with E-state index in [1.165, 1.54) is 6.07 Å². The molecule has 0 aliphatic rings. The molecule has 78 valence electrons. The van der Waals surface area contributed by atoms with Crippen molar-refractivity contribution in [2.75, 3.05) is 6.54 Å². The number of rotatable bonds is 2. The average Bonchev–Trinajstić information content (AvgIpc) is 2.17. The largest absolute Gasteiger partial charge is 0.330 e. The lowest BCUT2D eigenvalue weighted by molar-refractivity contribution is 0.638. The van der Waals surface area contributed by atoms with Gasteiger partial charge in [0.05, 0.1) is 16.6 Å². The summed E-state index contributed by atoms with van der Waals surface area (Å²) in [5.74, 6) is 0.400. The standard InChI is InChI=1S/C11H12FN3/c1-7-11-8(12)3-2-4-9(11)15-10(14-7)5-6-13/h2-4H,5-6,13H2,1H3. The van der Waals surface area contributed by atoms with Gasteiger partial charge in [0.1, 0.15) is 11.6 Å². The summed E-state index contributed by atoms with van der Waals surface area (Å²) in [6, 6.07) is 4.85. The van der Waals surface area contributed by atoms with Crippen LogP contribution >= 0.6 is 0 Å². The van der Waals surface area contributed by atoms with E-state index >= 15 is 0 Å². The van der Waals surface area contributed by atoms with Crippen LogP contribution in [0.5, 0.6) is 0 Å². The normalized spacial score (nSPS) is 10.9. The molecule has 4 heteroatoms. The first-order valence-electron chi connectivity index (χ1n) is 4.84. The molecule has 2 aromatic rings. The predicted molar refractivity (Wildman–Crippen MR) is 57.0 cm³/mol. The zero-order valence-corrected chi connectivity index (χ0v) is 8.50. The van der Waals surface area contributed by atoms with Crippen molar-refractivity contribution in [3.05, 3.63) is 35.5 Å². The van der Waals surface area contributed by atoms with E-state index in [9.17, 15) is 4.39 Å². The lowest BCUT2D eigenvalue weighted by atomic mass is 10.2. The van der Waals surface area contributed by atoms with Crippen LogP contribution in [0.1, 0.15) is 11.5 Å². The maximum Gasteiger partial charge on any atom is 0.134 e. The minimum Gasteiger partial charge on any atom is -0.330 e. The Bertz CT molecular complexity index is 496. The highest BCUT2D eigenvalue weighted by Crippen LogP contribution is 2.18. The first kappa shape index (κ1) is 9.98. The second-order valence-electron chi connectivity index (χ2n) is 3.40. The number of nitrogens with two attached hydrogens (primary N) is 1. The van der Waals surface area contributed by atoms with Crippen molar-refractivity contribution >= 4 is 10.9 Å². The molecule has 0 amide bonds. The van der Waals surface area contributed by atoms with Gasteiger partial charge in [-0.25, -0.2) is 14.4 Å². The Morgan fingerprint density at radius 3 is 2.87 bits per heavy atom. The zero-order chi connectivity index (χ0) is 10.8. The summed E-state index contributed by atoms with van der Waals surface area (Å²) in [7, 11) is 0. The van der Waals surface area contributed by atoms with Gasteiger partial charge in [-0.1, -0.05) is 6.07 Å². The molecule has 15 heavy (non-hydrogen) atoms. The number of halogens is 1. The average molecular weight is 205 g/mol. The summed E-state index contributed by atoms with van der Waals surface area (Å²) in [4.78, 5) is 8.48. The summed E-state index contributed by atoms with van der Waals surface area (Å²) in [5, 5.41) is 0.498. The number of aryl methyl sites for hydroxylation is 1. The van der Waals surface area contributed by atoms with Crippen LogP contribution in [-0.2, 0) is 6.42 Å². The van der Waals surface area contributed by atoms with Gasteiger partial charge in [-0.15, -0.1) is 0 Å². The molecule has 1 aromatic carbocycles. The molecule has 0 saturated heterocycles. The van der Waals surface area contributed by atoms with E-state index in [0.717, 1.165) is 0 Å². The van der Waals surface area contributed by atoms with Crippen molar-refractivity contribution < 1.29 is 4.39 Å². The van der Waals surface area contributed by atoms with Crippen LogP contribution in [0.3, 0.4) is 0 Å². The highest BCUT2D eigenvalue weighted by Gasteiger charge is 2.07. The van der Waals surface area contributed by atoms with Crippen LogP contribution in [0.4, 0.5) is 4.39 Å². The third-order valence-corrected chi connectivity index (χ3v) is 2.27. The van der Waals surface area contributed by atoms with Crippen molar-refractivity contribution in [2.24, 2.45) is 5.73 Å². The minimum absolute atomic E-state index is 0.274. The molecule has 0 bridgehead atoms. The van der Waals surface area contributed by atoms with Gasteiger partial charge in [0.25, 0.3) is 0 Å². The third-order valence-electron chi connectivity index (χ3n) is 2.27. The van der Waals surface area contributed by atoms with Crippen LogP contribution in [0.25, 0.3) is 10.9 Å². The molecule has 2 N–H and O–H groups in total. The van der Waals surface area contributed by atoms with Gasteiger partial charge in [-0.3, -0.25) is 0 Å². The summed E-state index contributed by atoms with van der Waals surface area (Å²) < 4.78 is 13.5. The fourth-order valence-corrected chi connectivity index (χ4v) is 1.62. The molecule has 2 rings (SSSR count). The van der Waals surface area contributed by atoms with Crippen LogP contribution in [0, 0.1) is 12.7 Å². The van der Waals surface area contributed by atoms with Crippen LogP contribution in [0.2, 0.25) is 0 Å². The molecule has 0 aliphatic heterocycles. The molecule has 0 spiro atoms. The zero-order valence-electron chi connectivity index (χ0n) is 8.50. The Balaban J connectivity index is 2.67. The van der Waals surface area contributed by atoms with Crippen molar-refractivity contribution in [2.45, 2.75) is 13.3 Å². The molecule has 0 atom stereocenters. The molecular weight excluding hydrogens is 193 g/mol. The highest BCUT2D eigenvalue weighted by molar-refractivity contribution is 5.81. The SMILES string of the molecule is Cc1nc(CCN)nc2cccc(F)c12. The van der Waals surface area contributed by atoms with E-state index in [-0.39, 0.29) is 5.82 Å². The monoisotopic (exact) mass is 205 g/mol. The number of fused-ring (bicyclic) bond motifs is 1. The second-order valence-corrected chi connectivity index (χ2v) is 3.40. The maximum absolute atomic E-state index is 13.5. The van der Waals surface area contributed by atoms with E-state index in [4.69, 9.17) is 5.73 Å². The topological polar surface area (TPSA) is 51.8 Å². The molecule has 0 aliphatic carbocycles. The van der Waals surface area contributed by atoms with Gasteiger partial charge in [-0.2, -0.15) is 0 Å². The number of hydrogen-bond donors (Lipinski definition) is 1. The Hall–Kier alpha value is -1.55. The van der Waals surface area contributed by atoms with E-state index in [2.05, 4.69) is 9.97 Å². The van der Waals surface area contributed by atoms with Crippen LogP contribution < -0.4 is 5.73 Å². The fraction of sp³-hybridized carbons (Fsp3) is 0.273. The van der Waals surface area contributed by atoms with Crippen molar-refractivity contribution in [1.82, 2.24) is 9.97 Å². The molecule has 0 unspecified atom stereocenters. The first-order valence-corrected chi connectivity index (χ1v) is 4.84. The summed E-state index contributed by atoms with van der Waals surface area (Å²) in [6.07, 6.45) is 0.618. The molecule has 1 aromatic heterocycles. The van der Waals surface area contributed by atoms with Crippen LogP contribution in [0.15, 0.2) is 18.2 Å². The Morgan fingerprint density at radius 1 is 1.33 bits per heavy atom. The molecule has 0 fully saturated rings. The molecule has 0 radical (unpaired) electrons. The number of nitrogens with zero attached hydrogens (tertiary/aromatic N) is 2. The fourth-order valence-electron chi connectivity index (χ4n) is 1.62. The highest BCUT2D eigenvalue weighted by atomic mass is 19.1. The smallest absolute Gasteiger partial charge is 0.134 e. The quantitative estimate of drug-likeness (QED) is 0.809. The maximum atomic E-state index is 13.5. The number of aromatic nitrogens is 2. The van der Waals surface area contributed by atoms with E-state index < -0.39 is 0 Å². The second kappa shape index (κ2) is 3.90. The Morgan fingerprint density at radius 2 is 2.13 bits per heavy atom. The third kappa shape index (κ3) is 1.80. The van der Waals surface area contributed by atoms with Gasteiger partial charge >= 0.3 is 0 Å². The van der Waals surface area contributed by atoms with Gasteiger partial charge in [0, 0.05) is 6.42 Å². The summed E-state index contributed by atoms with van der Waals surface area (Å²) >= 11 is 0. The van der Waals surface area contributed by atoms with Gasteiger partial charge < -0.3 is 5.73 Å². The van der Waals surface area contributed by atoms with Crippen molar-refractivity contribution in [3.63, 3.8) is 0 Å². The molecule has 1 heterocycles. The summed E-state index contributed by atoms with van der Waals surface area (Å²) in [5.41, 5.74) is 6.74. The molecule has 3 nitrogen and oxygen atoms in total. The minimum atomic E-state index is -0.274. The van der Waals surface area contributed by atoms with Gasteiger partial charge in [0.15, 0.2) is 0 Å². The van der Waals surface area contributed by atoms with E-state index in [1.54, 1.807) is 19.1 Å². The van der Waals surface area contributed by atoms with Crippen LogP contribution in [-0.4, -0.2) is 16.5 Å². The number of benzene rings is 1. The lowest BCUT2D eigenvalue weighted by Crippen LogP contribution is -2.07. The first-order chi connectivity index (χ1) is 7.22. The Labute approximate surface area is 87.2 Å². The molecule has 0 saturated carbocycles. The summed E-state index contributed by atoms with van der Waals surface area (Å²) in [6.45, 7) is 2.29. The number of hydrogen-bond acceptors (Lipinski definition) is 3. The van der Waals surface area contributed by atoms with Crippen molar-refractivity contribution in [1.29, 1.82) is 0 Å².